The van der Waals surface area contributed by atoms with Crippen LogP contribution in [0.2, 0.25) is 0 Å². The highest BCUT2D eigenvalue weighted by Crippen LogP contribution is 2.43. The Kier molecular flexibility index (Phi) is 6.65. The summed E-state index contributed by atoms with van der Waals surface area (Å²) < 4.78 is 15.4. The third-order valence-corrected chi connectivity index (χ3v) is 8.86. The lowest BCUT2D eigenvalue weighted by Crippen LogP contribution is -2.58. The first-order chi connectivity index (χ1) is 18.9. The number of halogens is 1. The van der Waals surface area contributed by atoms with E-state index in [9.17, 15) is 9.18 Å². The van der Waals surface area contributed by atoms with E-state index in [1.807, 2.05) is 12.1 Å². The molecule has 0 radical (unpaired) electrons. The summed E-state index contributed by atoms with van der Waals surface area (Å²) in [5, 5.41) is 3.21. The van der Waals surface area contributed by atoms with Gasteiger partial charge in [-0.1, -0.05) is 25.6 Å². The molecular weight excluding hydrogens is 513 g/mol. The first kappa shape index (κ1) is 25.6. The van der Waals surface area contributed by atoms with Gasteiger partial charge in [-0.25, -0.2) is 14.2 Å². The molecule has 10 heteroatoms. The molecule has 2 fully saturated rings. The first-order valence-electron chi connectivity index (χ1n) is 13.4. The zero-order valence-electron chi connectivity index (χ0n) is 22.2. The van der Waals surface area contributed by atoms with Crippen molar-refractivity contribution in [2.45, 2.75) is 57.2 Å². The predicted molar refractivity (Wildman–Crippen MR) is 151 cm³/mol. The number of hydrogen-bond donors (Lipinski definition) is 0. The van der Waals surface area contributed by atoms with Crippen molar-refractivity contribution in [2.75, 3.05) is 18.0 Å². The van der Waals surface area contributed by atoms with Crippen molar-refractivity contribution in [1.29, 1.82) is 0 Å². The molecule has 3 atom stereocenters. The van der Waals surface area contributed by atoms with Crippen molar-refractivity contribution < 1.29 is 4.39 Å². The van der Waals surface area contributed by atoms with Crippen LogP contribution in [0.4, 0.5) is 16.0 Å². The lowest BCUT2D eigenvalue weighted by atomic mass is 9.97. The predicted octanol–water partition coefficient (Wildman–Crippen LogP) is 5.43. The van der Waals surface area contributed by atoms with Gasteiger partial charge in [0.1, 0.15) is 10.8 Å². The molecule has 4 aromatic rings. The van der Waals surface area contributed by atoms with E-state index in [1.54, 1.807) is 30.5 Å². The Hall–Kier alpha value is -3.68. The summed E-state index contributed by atoms with van der Waals surface area (Å²) in [5.74, 6) is 1.10. The molecule has 3 aromatic heterocycles. The van der Waals surface area contributed by atoms with Crippen LogP contribution in [0.15, 0.2) is 46.6 Å². The molecule has 8 nitrogen and oxygen atoms in total. The highest BCUT2D eigenvalue weighted by Gasteiger charge is 2.39. The Morgan fingerprint density at radius 2 is 1.90 bits per heavy atom. The van der Waals surface area contributed by atoms with Crippen LogP contribution in [0.25, 0.3) is 15.9 Å². The molecule has 1 saturated heterocycles. The smallest absolute Gasteiger partial charge is 0.350 e. The van der Waals surface area contributed by atoms with Gasteiger partial charge in [0.25, 0.3) is 5.82 Å². The minimum Gasteiger partial charge on any atom is -0.361 e. The largest absolute Gasteiger partial charge is 0.361 e. The molecule has 1 aliphatic heterocycles. The Bertz CT molecular complexity index is 1620. The molecule has 0 spiro atoms. The van der Waals surface area contributed by atoms with Crippen LogP contribution in [-0.2, 0) is 7.05 Å². The van der Waals surface area contributed by atoms with Crippen LogP contribution in [0.1, 0.15) is 61.3 Å². The summed E-state index contributed by atoms with van der Waals surface area (Å²) in [7, 11) is 1.67. The molecule has 1 aliphatic carbocycles. The van der Waals surface area contributed by atoms with E-state index in [2.05, 4.69) is 43.8 Å². The van der Waals surface area contributed by atoms with Gasteiger partial charge in [-0.05, 0) is 56.0 Å². The summed E-state index contributed by atoms with van der Waals surface area (Å²) in [6, 6.07) is 10.2. The van der Waals surface area contributed by atoms with E-state index in [0.29, 0.717) is 35.9 Å². The highest BCUT2D eigenvalue weighted by atomic mass is 32.1. The standard InChI is InChI=1S/C29H30FN7OS/c1-5-21-15-36(27-25-23(35(4)29(38)34-27)12-13-24(31-3)33-25)17(2)14-37(21)26(19-8-10-20(30)11-9-19)28-32-22(16-39-28)18-6-7-18/h8-13,16-18,21,26H,5-7,14-15H2,1-2,4H3/t17-,21+,26?/m0/s1. The van der Waals surface area contributed by atoms with Crippen LogP contribution < -0.4 is 10.6 Å². The van der Waals surface area contributed by atoms with E-state index in [0.717, 1.165) is 17.0 Å². The molecule has 0 N–H and O–H groups in total. The Labute approximate surface area is 230 Å². The fourth-order valence-electron chi connectivity index (χ4n) is 5.61. The number of fused-ring (bicyclic) bond motifs is 1. The molecule has 1 unspecified atom stereocenters. The number of hydrogen-bond acceptors (Lipinski definition) is 7. The van der Waals surface area contributed by atoms with Crippen LogP contribution in [0.5, 0.6) is 0 Å². The second-order valence-electron chi connectivity index (χ2n) is 10.5. The number of benzene rings is 1. The molecule has 0 amide bonds. The highest BCUT2D eigenvalue weighted by molar-refractivity contribution is 7.09. The van der Waals surface area contributed by atoms with Crippen molar-refractivity contribution in [3.8, 4) is 0 Å². The van der Waals surface area contributed by atoms with E-state index >= 15 is 0 Å². The zero-order valence-corrected chi connectivity index (χ0v) is 23.0. The number of nitrogens with zero attached hydrogens (tertiary/aromatic N) is 7. The number of thiazole rings is 1. The molecule has 4 heterocycles. The number of aryl methyl sites for hydroxylation is 1. The van der Waals surface area contributed by atoms with Gasteiger partial charge in [0, 0.05) is 43.5 Å². The van der Waals surface area contributed by atoms with Gasteiger partial charge in [0.2, 0.25) is 5.52 Å². The lowest BCUT2D eigenvalue weighted by Gasteiger charge is -2.48. The maximum absolute atomic E-state index is 13.9. The lowest BCUT2D eigenvalue weighted by molar-refractivity contribution is 0.115. The number of pyridine rings is 1. The van der Waals surface area contributed by atoms with Gasteiger partial charge in [0.05, 0.1) is 17.3 Å². The van der Waals surface area contributed by atoms with Gasteiger partial charge in [-0.15, -0.1) is 16.3 Å². The molecular formula is C29H30FN7OS. The third kappa shape index (κ3) is 4.70. The third-order valence-electron chi connectivity index (χ3n) is 7.95. The number of anilines is 1. The van der Waals surface area contributed by atoms with Gasteiger partial charge < -0.3 is 9.74 Å². The average molecular weight is 544 g/mol. The SMILES string of the molecule is [C-]#[N+]c1ccc2c(n1)c(N1C[C@@H](CC)N(C(c3ccc(F)cc3)c3nc(C4CC4)cs3)C[C@@H]1C)nc(=O)n2C. The van der Waals surface area contributed by atoms with Crippen LogP contribution >= 0.6 is 11.3 Å². The molecule has 6 rings (SSSR count). The van der Waals surface area contributed by atoms with Gasteiger partial charge in [-0.2, -0.15) is 4.98 Å². The van der Waals surface area contributed by atoms with Crippen molar-refractivity contribution >= 4 is 34.0 Å². The number of piperazine rings is 1. The molecule has 200 valence electrons. The van der Waals surface area contributed by atoms with Crippen molar-refractivity contribution in [3.05, 3.63) is 85.8 Å². The molecule has 1 saturated carbocycles. The monoisotopic (exact) mass is 543 g/mol. The van der Waals surface area contributed by atoms with Crippen molar-refractivity contribution in [1.82, 2.24) is 24.4 Å². The Balaban J connectivity index is 1.40. The van der Waals surface area contributed by atoms with Crippen molar-refractivity contribution in [2.24, 2.45) is 7.05 Å². The maximum Gasteiger partial charge on any atom is 0.350 e. The van der Waals surface area contributed by atoms with Crippen LogP contribution in [-0.4, -0.2) is 49.6 Å². The first-order valence-corrected chi connectivity index (χ1v) is 14.2. The topological polar surface area (TPSA) is 71.5 Å². The van der Waals surface area contributed by atoms with Crippen LogP contribution in [0.3, 0.4) is 0 Å². The molecule has 39 heavy (non-hydrogen) atoms. The van der Waals surface area contributed by atoms with Crippen LogP contribution in [0, 0.1) is 12.4 Å². The van der Waals surface area contributed by atoms with Crippen molar-refractivity contribution in [3.63, 3.8) is 0 Å². The van der Waals surface area contributed by atoms with E-state index in [-0.39, 0.29) is 35.5 Å². The second kappa shape index (κ2) is 10.1. The van der Waals surface area contributed by atoms with E-state index in [4.69, 9.17) is 11.6 Å². The second-order valence-corrected chi connectivity index (χ2v) is 11.4. The minimum absolute atomic E-state index is 0.000171. The van der Waals surface area contributed by atoms with Gasteiger partial charge in [-0.3, -0.25) is 9.47 Å². The van der Waals surface area contributed by atoms with Gasteiger partial charge in [0.15, 0.2) is 5.82 Å². The quantitative estimate of drug-likeness (QED) is 0.302. The zero-order chi connectivity index (χ0) is 27.3. The maximum atomic E-state index is 13.9. The fraction of sp³-hybridized carbons (Fsp3) is 0.414. The molecule has 1 aromatic carbocycles. The summed E-state index contributed by atoms with van der Waals surface area (Å²) in [6.07, 6.45) is 3.25. The Morgan fingerprint density at radius 3 is 2.59 bits per heavy atom. The number of rotatable bonds is 6. The van der Waals surface area contributed by atoms with Gasteiger partial charge >= 0.3 is 5.69 Å². The van der Waals surface area contributed by atoms with E-state index in [1.165, 1.54) is 35.2 Å². The Morgan fingerprint density at radius 1 is 1.13 bits per heavy atom. The normalized spacial score (nSPS) is 20.7. The number of aromatic nitrogens is 4. The summed E-state index contributed by atoms with van der Waals surface area (Å²) >= 11 is 1.68. The molecule has 0 bridgehead atoms. The summed E-state index contributed by atoms with van der Waals surface area (Å²) in [5.41, 5.74) is 3.05. The summed E-state index contributed by atoms with van der Waals surface area (Å²) in [6.45, 7) is 13.1. The molecule has 2 aliphatic rings. The average Bonchev–Trinajstić information content (AvgIpc) is 3.69. The van der Waals surface area contributed by atoms with E-state index < -0.39 is 0 Å². The summed E-state index contributed by atoms with van der Waals surface area (Å²) in [4.78, 5) is 35.0. The minimum atomic E-state index is -0.350. The fourth-order valence-corrected chi connectivity index (χ4v) is 6.66.